The molecule has 0 aliphatic rings. The number of carboxylic acids is 2. The van der Waals surface area contributed by atoms with Gasteiger partial charge in [0.1, 0.15) is 6.04 Å². The minimum Gasteiger partial charge on any atom is -0.481 e. The Bertz CT molecular complexity index is 428. The van der Waals surface area contributed by atoms with Crippen molar-refractivity contribution in [3.8, 4) is 0 Å². The summed E-state index contributed by atoms with van der Waals surface area (Å²) in [6.07, 6.45) is 2.17. The summed E-state index contributed by atoms with van der Waals surface area (Å²) in [4.78, 5) is 32.4. The Hall–Kier alpha value is -2.51. The number of furan rings is 1. The normalized spacial score (nSPS) is 11.6. The molecule has 98 valence electrons. The predicted octanol–water partition coefficient (Wildman–Crippen LogP) is 0.00670. The van der Waals surface area contributed by atoms with E-state index in [0.717, 1.165) is 0 Å². The number of aliphatic carboxylic acids is 2. The third kappa shape index (κ3) is 4.56. The van der Waals surface area contributed by atoms with Gasteiger partial charge >= 0.3 is 18.0 Å². The molecule has 0 saturated carbocycles. The fraction of sp³-hybridized carbons (Fsp3) is 0.300. The molecule has 0 aliphatic carbocycles. The number of hydrogen-bond donors (Lipinski definition) is 4. The highest BCUT2D eigenvalue weighted by molar-refractivity contribution is 5.86. The third-order valence-electron chi connectivity index (χ3n) is 2.02. The van der Waals surface area contributed by atoms with E-state index in [9.17, 15) is 14.4 Å². The molecule has 0 radical (unpaired) electrons. The lowest BCUT2D eigenvalue weighted by Crippen LogP contribution is -2.46. The van der Waals surface area contributed by atoms with E-state index in [1.54, 1.807) is 6.07 Å². The van der Waals surface area contributed by atoms with Crippen LogP contribution in [0.25, 0.3) is 0 Å². The average molecular weight is 256 g/mol. The summed E-state index contributed by atoms with van der Waals surface area (Å²) in [5.41, 5.74) is 0.704. The minimum atomic E-state index is -1.47. The number of carbonyl (C=O) groups excluding carboxylic acids is 1. The first-order valence-electron chi connectivity index (χ1n) is 4.99. The largest absolute Gasteiger partial charge is 0.481 e. The summed E-state index contributed by atoms with van der Waals surface area (Å²) >= 11 is 0. The van der Waals surface area contributed by atoms with Crippen molar-refractivity contribution in [1.29, 1.82) is 0 Å². The van der Waals surface area contributed by atoms with Crippen LogP contribution in [0.4, 0.5) is 4.79 Å². The van der Waals surface area contributed by atoms with Gasteiger partial charge in [0.05, 0.1) is 18.9 Å². The van der Waals surface area contributed by atoms with Gasteiger partial charge in [0.15, 0.2) is 0 Å². The van der Waals surface area contributed by atoms with Crippen molar-refractivity contribution < 1.29 is 29.0 Å². The Morgan fingerprint density at radius 1 is 1.33 bits per heavy atom. The molecule has 1 aromatic heterocycles. The number of urea groups is 1. The van der Waals surface area contributed by atoms with E-state index in [0.29, 0.717) is 5.56 Å². The molecular formula is C10H12N2O6. The lowest BCUT2D eigenvalue weighted by molar-refractivity contribution is -0.145. The number of nitrogens with one attached hydrogen (secondary N) is 2. The Morgan fingerprint density at radius 2 is 2.06 bits per heavy atom. The molecular weight excluding hydrogens is 244 g/mol. The van der Waals surface area contributed by atoms with Crippen molar-refractivity contribution in [2.75, 3.05) is 0 Å². The summed E-state index contributed by atoms with van der Waals surface area (Å²) in [5, 5.41) is 21.6. The van der Waals surface area contributed by atoms with Crippen LogP contribution in [0.1, 0.15) is 12.0 Å². The zero-order valence-electron chi connectivity index (χ0n) is 9.25. The van der Waals surface area contributed by atoms with Crippen LogP contribution in [0.2, 0.25) is 0 Å². The topological polar surface area (TPSA) is 129 Å². The Morgan fingerprint density at radius 3 is 2.56 bits per heavy atom. The van der Waals surface area contributed by atoms with Crippen LogP contribution in [0.15, 0.2) is 23.0 Å². The van der Waals surface area contributed by atoms with Gasteiger partial charge in [-0.05, 0) is 6.07 Å². The zero-order chi connectivity index (χ0) is 13.5. The summed E-state index contributed by atoms with van der Waals surface area (Å²) < 4.78 is 4.78. The standard InChI is InChI=1S/C10H12N2O6/c13-8(14)3-7(9(15)16)12-10(17)11-4-6-1-2-18-5-6/h1-2,5,7H,3-4H2,(H,13,14)(H,15,16)(H2,11,12,17). The lowest BCUT2D eigenvalue weighted by atomic mass is 10.2. The SMILES string of the molecule is O=C(O)CC(NC(=O)NCc1ccoc1)C(=O)O. The van der Waals surface area contributed by atoms with Crippen LogP contribution in [0.3, 0.4) is 0 Å². The average Bonchev–Trinajstić information content (AvgIpc) is 2.77. The van der Waals surface area contributed by atoms with Gasteiger partial charge in [-0.3, -0.25) is 4.79 Å². The second-order valence-corrected chi connectivity index (χ2v) is 3.45. The first-order chi connectivity index (χ1) is 8.49. The van der Waals surface area contributed by atoms with Gasteiger partial charge in [0.25, 0.3) is 0 Å². The molecule has 0 aromatic carbocycles. The van der Waals surface area contributed by atoms with E-state index in [4.69, 9.17) is 14.6 Å². The van der Waals surface area contributed by atoms with Crippen LogP contribution in [0.5, 0.6) is 0 Å². The van der Waals surface area contributed by atoms with Gasteiger partial charge in [0, 0.05) is 12.1 Å². The van der Waals surface area contributed by atoms with E-state index < -0.39 is 30.4 Å². The molecule has 8 heteroatoms. The van der Waals surface area contributed by atoms with Crippen LogP contribution < -0.4 is 10.6 Å². The van der Waals surface area contributed by atoms with Crippen LogP contribution >= 0.6 is 0 Å². The summed E-state index contributed by atoms with van der Waals surface area (Å²) in [6, 6.07) is -0.594. The predicted molar refractivity (Wildman–Crippen MR) is 57.8 cm³/mol. The molecule has 1 rings (SSSR count). The number of rotatable bonds is 6. The first-order valence-corrected chi connectivity index (χ1v) is 4.99. The second-order valence-electron chi connectivity index (χ2n) is 3.45. The van der Waals surface area contributed by atoms with Crippen molar-refractivity contribution in [3.05, 3.63) is 24.2 Å². The van der Waals surface area contributed by atoms with Crippen LogP contribution in [-0.2, 0) is 16.1 Å². The Kier molecular flexibility index (Phi) is 4.73. The van der Waals surface area contributed by atoms with Gasteiger partial charge in [-0.2, -0.15) is 0 Å². The van der Waals surface area contributed by atoms with E-state index >= 15 is 0 Å². The molecule has 1 atom stereocenters. The zero-order valence-corrected chi connectivity index (χ0v) is 9.25. The molecule has 8 nitrogen and oxygen atoms in total. The van der Waals surface area contributed by atoms with E-state index in [-0.39, 0.29) is 6.54 Å². The van der Waals surface area contributed by atoms with Crippen molar-refractivity contribution in [3.63, 3.8) is 0 Å². The second kappa shape index (κ2) is 6.28. The van der Waals surface area contributed by atoms with Crippen molar-refractivity contribution >= 4 is 18.0 Å². The number of amides is 2. The number of carboxylic acid groups (broad SMARTS) is 2. The Balaban J connectivity index is 2.41. The fourth-order valence-corrected chi connectivity index (χ4v) is 1.16. The third-order valence-corrected chi connectivity index (χ3v) is 2.02. The summed E-state index contributed by atoms with van der Waals surface area (Å²) in [5.74, 6) is -2.71. The van der Waals surface area contributed by atoms with Crippen LogP contribution in [-0.4, -0.2) is 34.2 Å². The fourth-order valence-electron chi connectivity index (χ4n) is 1.16. The number of carbonyl (C=O) groups is 3. The maximum absolute atomic E-state index is 11.3. The lowest BCUT2D eigenvalue weighted by Gasteiger charge is -2.12. The van der Waals surface area contributed by atoms with E-state index in [1.165, 1.54) is 12.5 Å². The molecule has 0 bridgehead atoms. The van der Waals surface area contributed by atoms with Gasteiger partial charge in [-0.25, -0.2) is 9.59 Å². The molecule has 1 heterocycles. The maximum atomic E-state index is 11.3. The van der Waals surface area contributed by atoms with Crippen molar-refractivity contribution in [2.45, 2.75) is 19.0 Å². The van der Waals surface area contributed by atoms with Crippen molar-refractivity contribution in [1.82, 2.24) is 10.6 Å². The molecule has 0 fully saturated rings. The van der Waals surface area contributed by atoms with Gasteiger partial charge in [-0.15, -0.1) is 0 Å². The van der Waals surface area contributed by atoms with Gasteiger partial charge in [0.2, 0.25) is 0 Å². The monoisotopic (exact) mass is 256 g/mol. The van der Waals surface area contributed by atoms with E-state index in [1.807, 2.05) is 5.32 Å². The molecule has 0 aliphatic heterocycles. The molecule has 1 unspecified atom stereocenters. The maximum Gasteiger partial charge on any atom is 0.326 e. The quantitative estimate of drug-likeness (QED) is 0.567. The number of hydrogen-bond acceptors (Lipinski definition) is 4. The molecule has 0 saturated heterocycles. The molecule has 0 spiro atoms. The molecule has 4 N–H and O–H groups in total. The molecule has 1 aromatic rings. The van der Waals surface area contributed by atoms with Crippen LogP contribution in [0, 0.1) is 0 Å². The summed E-state index contributed by atoms with van der Waals surface area (Å²) in [7, 11) is 0. The smallest absolute Gasteiger partial charge is 0.326 e. The van der Waals surface area contributed by atoms with Gasteiger partial charge in [-0.1, -0.05) is 0 Å². The van der Waals surface area contributed by atoms with Crippen molar-refractivity contribution in [2.24, 2.45) is 0 Å². The highest BCUT2D eigenvalue weighted by atomic mass is 16.4. The minimum absolute atomic E-state index is 0.155. The highest BCUT2D eigenvalue weighted by Crippen LogP contribution is 1.98. The molecule has 18 heavy (non-hydrogen) atoms. The molecule has 2 amide bonds. The first kappa shape index (κ1) is 13.6. The summed E-state index contributed by atoms with van der Waals surface area (Å²) in [6.45, 7) is 0.155. The van der Waals surface area contributed by atoms with E-state index in [2.05, 4.69) is 5.32 Å². The Labute approximate surface area is 102 Å². The van der Waals surface area contributed by atoms with Gasteiger partial charge < -0.3 is 25.3 Å². The highest BCUT2D eigenvalue weighted by Gasteiger charge is 2.22.